The summed E-state index contributed by atoms with van der Waals surface area (Å²) in [6.07, 6.45) is -4.14. The summed E-state index contributed by atoms with van der Waals surface area (Å²) in [6.45, 7) is 1.54. The van der Waals surface area contributed by atoms with Gasteiger partial charge in [0.05, 0.1) is 5.69 Å². The zero-order valence-corrected chi connectivity index (χ0v) is 8.61. The highest BCUT2D eigenvalue weighted by Crippen LogP contribution is 2.25. The average Bonchev–Trinajstić information content (AvgIpc) is 2.21. The Labute approximate surface area is 93.4 Å². The van der Waals surface area contributed by atoms with Gasteiger partial charge in [0.15, 0.2) is 0 Å². The van der Waals surface area contributed by atoms with E-state index in [0.717, 1.165) is 12.1 Å². The van der Waals surface area contributed by atoms with Gasteiger partial charge in [0, 0.05) is 0 Å². The number of hydrogen-bond donors (Lipinski definition) is 1. The van der Waals surface area contributed by atoms with Crippen molar-refractivity contribution in [2.45, 2.75) is 19.3 Å². The smallest absolute Gasteiger partial charge is 0.318 e. The zero-order valence-electron chi connectivity index (χ0n) is 8.61. The van der Waals surface area contributed by atoms with Crippen LogP contribution in [0.2, 0.25) is 0 Å². The molecule has 0 atom stereocenters. The minimum absolute atomic E-state index is 0.501. The lowest BCUT2D eigenvalue weighted by molar-refractivity contribution is -0.163. The Bertz CT molecular complexity index is 433. The maximum absolute atomic E-state index is 13.2. The van der Waals surface area contributed by atoms with Gasteiger partial charge in [0.1, 0.15) is 5.82 Å². The van der Waals surface area contributed by atoms with E-state index in [4.69, 9.17) is 0 Å². The fraction of sp³-hybridized carbons (Fsp3) is 0.300. The van der Waals surface area contributed by atoms with Gasteiger partial charge < -0.3 is 5.32 Å². The third-order valence-corrected chi connectivity index (χ3v) is 1.95. The second-order valence-corrected chi connectivity index (χ2v) is 3.36. The summed E-state index contributed by atoms with van der Waals surface area (Å²) in [5, 5.41) is 1.42. The first-order valence-corrected chi connectivity index (χ1v) is 4.48. The topological polar surface area (TPSA) is 29.1 Å². The molecule has 94 valence electrons. The van der Waals surface area contributed by atoms with Crippen molar-refractivity contribution >= 4 is 11.6 Å². The Kier molecular flexibility index (Phi) is 3.69. The molecule has 0 aliphatic heterocycles. The van der Waals surface area contributed by atoms with Crippen molar-refractivity contribution in [2.24, 2.45) is 0 Å². The van der Waals surface area contributed by atoms with E-state index >= 15 is 0 Å². The van der Waals surface area contributed by atoms with Crippen molar-refractivity contribution in [3.8, 4) is 0 Å². The van der Waals surface area contributed by atoms with E-state index in [-0.39, 0.29) is 0 Å². The van der Waals surface area contributed by atoms with Crippen LogP contribution in [0.1, 0.15) is 5.56 Å². The lowest BCUT2D eigenvalue weighted by Gasteiger charge is -2.15. The highest BCUT2D eigenvalue weighted by molar-refractivity contribution is 5.96. The molecule has 1 aromatic rings. The third-order valence-electron chi connectivity index (χ3n) is 1.95. The predicted molar refractivity (Wildman–Crippen MR) is 50.7 cm³/mol. The maximum atomic E-state index is 13.2. The van der Waals surface area contributed by atoms with Gasteiger partial charge in [-0.05, 0) is 24.6 Å². The van der Waals surface area contributed by atoms with Crippen LogP contribution in [0.15, 0.2) is 18.2 Å². The quantitative estimate of drug-likeness (QED) is 0.824. The van der Waals surface area contributed by atoms with Crippen LogP contribution in [0.3, 0.4) is 0 Å². The molecule has 2 nitrogen and oxygen atoms in total. The molecule has 17 heavy (non-hydrogen) atoms. The first-order valence-electron chi connectivity index (χ1n) is 4.48. The summed E-state index contributed by atoms with van der Waals surface area (Å²) in [7, 11) is 0. The minimum Gasteiger partial charge on any atom is -0.318 e. The van der Waals surface area contributed by atoms with E-state index in [1.54, 1.807) is 6.92 Å². The van der Waals surface area contributed by atoms with Crippen LogP contribution < -0.4 is 5.32 Å². The van der Waals surface area contributed by atoms with Gasteiger partial charge in [0.25, 0.3) is 0 Å². The molecule has 0 fully saturated rings. The maximum Gasteiger partial charge on any atom is 0.383 e. The number of nitrogens with one attached hydrogen (secondary N) is 1. The molecule has 1 rings (SSSR count). The highest BCUT2D eigenvalue weighted by atomic mass is 19.3. The number of carbonyl (C=O) groups is 1. The number of alkyl halides is 4. The molecule has 1 N–H and O–H groups in total. The van der Waals surface area contributed by atoms with Crippen LogP contribution in [0.25, 0.3) is 0 Å². The van der Waals surface area contributed by atoms with Crippen molar-refractivity contribution in [3.63, 3.8) is 0 Å². The number of carbonyl (C=O) groups excluding carboxylic acids is 1. The molecule has 7 heteroatoms. The molecule has 0 heterocycles. The van der Waals surface area contributed by atoms with E-state index < -0.39 is 29.8 Å². The van der Waals surface area contributed by atoms with E-state index in [1.165, 1.54) is 11.4 Å². The first kappa shape index (κ1) is 13.4. The highest BCUT2D eigenvalue weighted by Gasteiger charge is 2.49. The monoisotopic (exact) mass is 253 g/mol. The van der Waals surface area contributed by atoms with E-state index in [0.29, 0.717) is 5.56 Å². The van der Waals surface area contributed by atoms with Gasteiger partial charge in [-0.2, -0.15) is 8.78 Å². The van der Waals surface area contributed by atoms with Gasteiger partial charge in [-0.15, -0.1) is 0 Å². The van der Waals surface area contributed by atoms with Crippen molar-refractivity contribution in [3.05, 3.63) is 29.6 Å². The summed E-state index contributed by atoms with van der Waals surface area (Å²) in [5.41, 5.74) is -0.0676. The predicted octanol–water partition coefficient (Wildman–Crippen LogP) is 2.97. The van der Waals surface area contributed by atoms with Crippen molar-refractivity contribution in [1.82, 2.24) is 0 Å². The lowest BCUT2D eigenvalue weighted by atomic mass is 10.2. The van der Waals surface area contributed by atoms with E-state index in [2.05, 4.69) is 0 Å². The Hall–Kier alpha value is -1.66. The summed E-state index contributed by atoms with van der Waals surface area (Å²) in [5.74, 6) is -8.06. The van der Waals surface area contributed by atoms with Crippen LogP contribution in [-0.4, -0.2) is 18.3 Å². The largest absolute Gasteiger partial charge is 0.383 e. The SMILES string of the molecule is Cc1ccc(NC(=O)C(F)(F)C(F)F)c(F)c1. The molecule has 0 aliphatic rings. The normalized spacial score (nSPS) is 11.7. The number of halogens is 5. The third kappa shape index (κ3) is 2.92. The van der Waals surface area contributed by atoms with Crippen LogP contribution in [0.4, 0.5) is 27.6 Å². The lowest BCUT2D eigenvalue weighted by Crippen LogP contribution is -2.41. The van der Waals surface area contributed by atoms with Crippen LogP contribution in [-0.2, 0) is 4.79 Å². The first-order chi connectivity index (χ1) is 7.75. The van der Waals surface area contributed by atoms with Crippen molar-refractivity contribution < 1.29 is 26.7 Å². The molecular formula is C10H8F5NO. The molecule has 0 aromatic heterocycles. The second-order valence-electron chi connectivity index (χ2n) is 3.36. The number of rotatable bonds is 3. The second kappa shape index (κ2) is 4.68. The van der Waals surface area contributed by atoms with Gasteiger partial charge >= 0.3 is 18.3 Å². The molecule has 0 aliphatic carbocycles. The summed E-state index contributed by atoms with van der Waals surface area (Å²) in [6, 6.07) is 3.35. The number of hydrogen-bond acceptors (Lipinski definition) is 1. The van der Waals surface area contributed by atoms with Crippen molar-refractivity contribution in [2.75, 3.05) is 5.32 Å². The average molecular weight is 253 g/mol. The fourth-order valence-corrected chi connectivity index (χ4v) is 1.03. The van der Waals surface area contributed by atoms with Crippen LogP contribution in [0.5, 0.6) is 0 Å². The van der Waals surface area contributed by atoms with Gasteiger partial charge in [-0.3, -0.25) is 4.79 Å². The van der Waals surface area contributed by atoms with Crippen LogP contribution >= 0.6 is 0 Å². The molecule has 0 radical (unpaired) electrons. The summed E-state index contributed by atoms with van der Waals surface area (Å²) < 4.78 is 61.9. The summed E-state index contributed by atoms with van der Waals surface area (Å²) in [4.78, 5) is 10.8. The molecule has 0 saturated heterocycles. The Morgan fingerprint density at radius 2 is 1.94 bits per heavy atom. The summed E-state index contributed by atoms with van der Waals surface area (Å²) >= 11 is 0. The zero-order chi connectivity index (χ0) is 13.2. The number of benzene rings is 1. The van der Waals surface area contributed by atoms with E-state index in [1.807, 2.05) is 0 Å². The van der Waals surface area contributed by atoms with E-state index in [9.17, 15) is 26.7 Å². The number of anilines is 1. The van der Waals surface area contributed by atoms with Crippen LogP contribution in [0, 0.1) is 12.7 Å². The Balaban J connectivity index is 2.89. The molecule has 0 spiro atoms. The molecule has 1 aromatic carbocycles. The van der Waals surface area contributed by atoms with Crippen molar-refractivity contribution in [1.29, 1.82) is 0 Å². The fourth-order valence-electron chi connectivity index (χ4n) is 1.03. The van der Waals surface area contributed by atoms with Gasteiger partial charge in [-0.25, -0.2) is 13.2 Å². The Morgan fingerprint density at radius 1 is 1.35 bits per heavy atom. The molecule has 0 bridgehead atoms. The Morgan fingerprint density at radius 3 is 2.41 bits per heavy atom. The molecular weight excluding hydrogens is 245 g/mol. The minimum atomic E-state index is -4.85. The van der Waals surface area contributed by atoms with Gasteiger partial charge in [0.2, 0.25) is 0 Å². The number of amides is 1. The molecule has 0 unspecified atom stereocenters. The number of aryl methyl sites for hydroxylation is 1. The molecule has 0 saturated carbocycles. The molecule has 1 amide bonds. The standard InChI is InChI=1S/C10H8F5NO/c1-5-2-3-7(6(11)4-5)16-9(17)10(14,15)8(12)13/h2-4,8H,1H3,(H,16,17). The van der Waals surface area contributed by atoms with Gasteiger partial charge in [-0.1, -0.05) is 6.07 Å².